The second kappa shape index (κ2) is 9.05. The van der Waals surface area contributed by atoms with Crippen molar-refractivity contribution in [1.82, 2.24) is 9.80 Å². The Balaban J connectivity index is 1.78. The fourth-order valence-corrected chi connectivity index (χ4v) is 2.74. The molecule has 1 N–H and O–H groups in total. The van der Waals surface area contributed by atoms with Crippen molar-refractivity contribution in [3.63, 3.8) is 0 Å². The lowest BCUT2D eigenvalue weighted by Crippen LogP contribution is -2.33. The normalized spacial score (nSPS) is 15.1. The lowest BCUT2D eigenvalue weighted by atomic mass is 10.2. The summed E-state index contributed by atoms with van der Waals surface area (Å²) < 4.78 is 5.07. The molecule has 1 aliphatic heterocycles. The van der Waals surface area contributed by atoms with Gasteiger partial charge in [0.05, 0.1) is 10.7 Å². The Morgan fingerprint density at radius 2 is 2.00 bits per heavy atom. The van der Waals surface area contributed by atoms with Crippen molar-refractivity contribution in [2.45, 2.75) is 25.9 Å². The first-order valence-electron chi connectivity index (χ1n) is 8.20. The summed E-state index contributed by atoms with van der Waals surface area (Å²) in [4.78, 5) is 49.8. The van der Waals surface area contributed by atoms with Crippen molar-refractivity contribution in [2.75, 3.05) is 25.5 Å². The molecule has 0 spiro atoms. The fourth-order valence-electron chi connectivity index (χ4n) is 2.41. The van der Waals surface area contributed by atoms with Crippen LogP contribution in [-0.4, -0.2) is 59.9 Å². The van der Waals surface area contributed by atoms with Gasteiger partial charge in [0.25, 0.3) is 5.91 Å². The number of esters is 1. The summed E-state index contributed by atoms with van der Waals surface area (Å²) in [5.41, 5.74) is 0.312. The van der Waals surface area contributed by atoms with Crippen LogP contribution in [0.2, 0.25) is 10.0 Å². The maximum absolute atomic E-state index is 12.1. The lowest BCUT2D eigenvalue weighted by molar-refractivity contribution is -0.153. The van der Waals surface area contributed by atoms with Gasteiger partial charge in [-0.25, -0.2) is 4.79 Å². The number of hydrogen-bond donors (Lipinski definition) is 1. The van der Waals surface area contributed by atoms with E-state index in [1.807, 2.05) is 0 Å². The predicted octanol–water partition coefficient (Wildman–Crippen LogP) is 2.54. The van der Waals surface area contributed by atoms with Gasteiger partial charge in [-0.2, -0.15) is 0 Å². The van der Waals surface area contributed by atoms with E-state index >= 15 is 0 Å². The van der Waals surface area contributed by atoms with E-state index in [2.05, 4.69) is 5.32 Å². The molecule has 27 heavy (non-hydrogen) atoms. The zero-order chi connectivity index (χ0) is 20.1. The van der Waals surface area contributed by atoms with Gasteiger partial charge in [-0.3, -0.25) is 19.3 Å². The number of carbonyl (C=O) groups excluding carboxylic acids is 4. The summed E-state index contributed by atoms with van der Waals surface area (Å²) in [5.74, 6) is -1.47. The summed E-state index contributed by atoms with van der Waals surface area (Å²) in [6.07, 6.45) is -0.830. The predicted molar refractivity (Wildman–Crippen MR) is 99.6 cm³/mol. The summed E-state index contributed by atoms with van der Waals surface area (Å²) in [7, 11) is 1.53. The molecule has 4 amide bonds. The van der Waals surface area contributed by atoms with Gasteiger partial charge in [-0.15, -0.1) is 0 Å². The van der Waals surface area contributed by atoms with E-state index in [1.54, 1.807) is 6.07 Å². The Morgan fingerprint density at radius 1 is 1.30 bits per heavy atom. The Hall–Kier alpha value is -2.32. The topological polar surface area (TPSA) is 96.0 Å². The number of hydrogen-bond acceptors (Lipinski definition) is 5. The van der Waals surface area contributed by atoms with Crippen LogP contribution in [0, 0.1) is 0 Å². The van der Waals surface area contributed by atoms with E-state index in [0.717, 1.165) is 4.90 Å². The van der Waals surface area contributed by atoms with E-state index in [4.69, 9.17) is 27.9 Å². The number of halogens is 2. The molecule has 0 bridgehead atoms. The fraction of sp³-hybridized carbons (Fsp3) is 0.412. The Morgan fingerprint density at radius 3 is 2.63 bits per heavy atom. The van der Waals surface area contributed by atoms with Crippen molar-refractivity contribution in [3.05, 3.63) is 28.2 Å². The van der Waals surface area contributed by atoms with Crippen molar-refractivity contribution < 1.29 is 23.9 Å². The first-order chi connectivity index (χ1) is 12.7. The van der Waals surface area contributed by atoms with Crippen LogP contribution in [-0.2, 0) is 19.1 Å². The van der Waals surface area contributed by atoms with Gasteiger partial charge in [0.2, 0.25) is 5.91 Å². The molecule has 0 aliphatic carbocycles. The first-order valence-corrected chi connectivity index (χ1v) is 8.95. The molecular formula is C17H19Cl2N3O5. The largest absolute Gasteiger partial charge is 0.453 e. The summed E-state index contributed by atoms with van der Waals surface area (Å²) in [6, 6.07) is 4.21. The Labute approximate surface area is 166 Å². The number of anilines is 1. The molecule has 1 heterocycles. The third-order valence-corrected chi connectivity index (χ3v) is 4.42. The van der Waals surface area contributed by atoms with Gasteiger partial charge >= 0.3 is 12.0 Å². The number of amides is 4. The van der Waals surface area contributed by atoms with Crippen LogP contribution >= 0.6 is 23.2 Å². The van der Waals surface area contributed by atoms with Crippen LogP contribution in [0.1, 0.15) is 19.8 Å². The molecule has 0 saturated carbocycles. The molecule has 0 radical (unpaired) electrons. The maximum atomic E-state index is 12.1. The third-order valence-electron chi connectivity index (χ3n) is 3.86. The van der Waals surface area contributed by atoms with Crippen LogP contribution in [0.3, 0.4) is 0 Å². The highest BCUT2D eigenvalue weighted by molar-refractivity contribution is 6.35. The quantitative estimate of drug-likeness (QED) is 0.545. The van der Waals surface area contributed by atoms with Crippen molar-refractivity contribution in [3.8, 4) is 0 Å². The minimum atomic E-state index is -1.05. The molecule has 1 aliphatic rings. The highest BCUT2D eigenvalue weighted by Gasteiger charge is 2.33. The van der Waals surface area contributed by atoms with Crippen molar-refractivity contribution in [2.24, 2.45) is 0 Å². The zero-order valence-corrected chi connectivity index (χ0v) is 16.3. The van der Waals surface area contributed by atoms with Crippen LogP contribution in [0.5, 0.6) is 0 Å². The second-order valence-electron chi connectivity index (χ2n) is 6.03. The second-order valence-corrected chi connectivity index (χ2v) is 6.88. The van der Waals surface area contributed by atoms with Crippen LogP contribution < -0.4 is 5.32 Å². The average Bonchev–Trinajstić information content (AvgIpc) is 2.84. The number of rotatable bonds is 7. The standard InChI is InChI=1S/C17H19Cl2N3O5/c1-10(16(25)20-13-8-11(18)5-6-12(13)19)27-15(24)4-3-7-22-14(23)9-21(2)17(22)26/h5-6,8,10H,3-4,7,9H2,1-2H3,(H,20,25)/t10-/m1/s1. The number of carbonyl (C=O) groups is 4. The first kappa shape index (κ1) is 21.0. The number of nitrogens with one attached hydrogen (secondary N) is 1. The van der Waals surface area contributed by atoms with Gasteiger partial charge in [0, 0.05) is 25.0 Å². The number of imide groups is 1. The smallest absolute Gasteiger partial charge is 0.326 e. The lowest BCUT2D eigenvalue weighted by Gasteiger charge is -2.16. The molecule has 0 aromatic heterocycles. The molecule has 8 nitrogen and oxygen atoms in total. The minimum absolute atomic E-state index is 0.0314. The maximum Gasteiger partial charge on any atom is 0.326 e. The number of nitrogens with zero attached hydrogens (tertiary/aromatic N) is 2. The van der Waals surface area contributed by atoms with Gasteiger partial charge in [0.1, 0.15) is 6.54 Å². The SMILES string of the molecule is C[C@@H](OC(=O)CCCN1C(=O)CN(C)C1=O)C(=O)Nc1cc(Cl)ccc1Cl. The minimum Gasteiger partial charge on any atom is -0.453 e. The Kier molecular flexibility index (Phi) is 7.04. The number of likely N-dealkylation sites (N-methyl/N-ethyl adjacent to an activating group) is 1. The molecule has 1 atom stereocenters. The molecule has 1 aromatic rings. The van der Waals surface area contributed by atoms with E-state index in [1.165, 1.54) is 31.0 Å². The van der Waals surface area contributed by atoms with Crippen LogP contribution in [0.4, 0.5) is 10.5 Å². The number of urea groups is 1. The average molecular weight is 416 g/mol. The van der Waals surface area contributed by atoms with Crippen molar-refractivity contribution >= 4 is 52.7 Å². The Bertz CT molecular complexity index is 771. The van der Waals surface area contributed by atoms with Gasteiger partial charge in [-0.05, 0) is 31.5 Å². The summed E-state index contributed by atoms with van der Waals surface area (Å²) in [5, 5.41) is 3.24. The van der Waals surface area contributed by atoms with Gasteiger partial charge in [-0.1, -0.05) is 23.2 Å². The molecule has 146 valence electrons. The van der Waals surface area contributed by atoms with Crippen LogP contribution in [0.25, 0.3) is 0 Å². The summed E-state index contributed by atoms with van der Waals surface area (Å²) >= 11 is 11.8. The van der Waals surface area contributed by atoms with E-state index in [0.29, 0.717) is 15.7 Å². The molecular weight excluding hydrogens is 397 g/mol. The number of benzene rings is 1. The molecule has 2 rings (SSSR count). The highest BCUT2D eigenvalue weighted by atomic mass is 35.5. The molecule has 10 heteroatoms. The third kappa shape index (κ3) is 5.58. The van der Waals surface area contributed by atoms with E-state index in [9.17, 15) is 19.2 Å². The molecule has 1 saturated heterocycles. The van der Waals surface area contributed by atoms with Gasteiger partial charge < -0.3 is 15.0 Å². The monoisotopic (exact) mass is 415 g/mol. The molecule has 0 unspecified atom stereocenters. The number of ether oxygens (including phenoxy) is 1. The molecule has 1 fully saturated rings. The highest BCUT2D eigenvalue weighted by Crippen LogP contribution is 2.25. The van der Waals surface area contributed by atoms with Crippen LogP contribution in [0.15, 0.2) is 18.2 Å². The molecule has 1 aromatic carbocycles. The van der Waals surface area contributed by atoms with E-state index in [-0.39, 0.29) is 37.9 Å². The van der Waals surface area contributed by atoms with E-state index < -0.39 is 18.0 Å². The van der Waals surface area contributed by atoms with Crippen molar-refractivity contribution in [1.29, 1.82) is 0 Å². The van der Waals surface area contributed by atoms with Gasteiger partial charge in [0.15, 0.2) is 6.10 Å². The zero-order valence-electron chi connectivity index (χ0n) is 14.8. The summed E-state index contributed by atoms with van der Waals surface area (Å²) in [6.45, 7) is 1.58.